The standard InChI is InChI=1S/C23H25N3O4/c1-14-18-13-17(12-16-7-5-11-26(20(16)18)23(14)29)25-22(28)21(27)24-10-9-15-6-3-4-8-19(15)30-2/h3-4,6,8,12-14H,5,7,9-11H2,1-2H3,(H,24,27)(H,25,28)/t14-/m1/s1. The number of hydrogen-bond donors (Lipinski definition) is 2. The van der Waals surface area contributed by atoms with Gasteiger partial charge in [0.25, 0.3) is 0 Å². The molecule has 0 aromatic heterocycles. The minimum atomic E-state index is -0.716. The Balaban J connectivity index is 1.40. The summed E-state index contributed by atoms with van der Waals surface area (Å²) in [6.45, 7) is 2.94. The van der Waals surface area contributed by atoms with E-state index < -0.39 is 11.8 Å². The number of rotatable bonds is 5. The molecule has 2 aromatic carbocycles. The Hall–Kier alpha value is -3.35. The molecule has 2 aliphatic heterocycles. The monoisotopic (exact) mass is 407 g/mol. The first-order valence-electron chi connectivity index (χ1n) is 10.2. The van der Waals surface area contributed by atoms with E-state index in [2.05, 4.69) is 10.6 Å². The van der Waals surface area contributed by atoms with Crippen LogP contribution in [0.15, 0.2) is 36.4 Å². The van der Waals surface area contributed by atoms with E-state index in [4.69, 9.17) is 4.74 Å². The van der Waals surface area contributed by atoms with Gasteiger partial charge in [-0.3, -0.25) is 14.4 Å². The van der Waals surface area contributed by atoms with Crippen molar-refractivity contribution in [2.24, 2.45) is 0 Å². The van der Waals surface area contributed by atoms with Crippen LogP contribution in [0.4, 0.5) is 11.4 Å². The van der Waals surface area contributed by atoms with Crippen molar-refractivity contribution in [3.8, 4) is 5.75 Å². The number of nitrogens with one attached hydrogen (secondary N) is 2. The van der Waals surface area contributed by atoms with Crippen LogP contribution in [-0.2, 0) is 27.2 Å². The summed E-state index contributed by atoms with van der Waals surface area (Å²) in [6.07, 6.45) is 2.31. The number of para-hydroxylation sites is 1. The number of carbonyl (C=O) groups excluding carboxylic acids is 3. The molecular formula is C23H25N3O4. The molecule has 0 saturated carbocycles. The number of benzene rings is 2. The van der Waals surface area contributed by atoms with Gasteiger partial charge in [0, 0.05) is 18.8 Å². The third kappa shape index (κ3) is 3.63. The SMILES string of the molecule is COc1ccccc1CCNC(=O)C(=O)Nc1cc2c3c(c1)[C@@H](C)C(=O)N3CCC2. The lowest BCUT2D eigenvalue weighted by Gasteiger charge is -2.26. The van der Waals surface area contributed by atoms with Crippen molar-refractivity contribution in [2.45, 2.75) is 32.1 Å². The van der Waals surface area contributed by atoms with Crippen LogP contribution in [0.2, 0.25) is 0 Å². The lowest BCUT2D eigenvalue weighted by Crippen LogP contribution is -2.36. The zero-order valence-corrected chi connectivity index (χ0v) is 17.2. The fraction of sp³-hybridized carbons (Fsp3) is 0.348. The Morgan fingerprint density at radius 3 is 2.80 bits per heavy atom. The van der Waals surface area contributed by atoms with Crippen LogP contribution in [0.3, 0.4) is 0 Å². The molecule has 156 valence electrons. The van der Waals surface area contributed by atoms with E-state index in [9.17, 15) is 14.4 Å². The van der Waals surface area contributed by atoms with Crippen molar-refractivity contribution in [3.05, 3.63) is 53.1 Å². The van der Waals surface area contributed by atoms with Gasteiger partial charge in [0.05, 0.1) is 18.7 Å². The highest BCUT2D eigenvalue weighted by atomic mass is 16.5. The Morgan fingerprint density at radius 2 is 2.00 bits per heavy atom. The molecule has 2 aliphatic rings. The second kappa shape index (κ2) is 8.18. The number of nitrogens with zero attached hydrogens (tertiary/aromatic N) is 1. The molecule has 0 spiro atoms. The second-order valence-corrected chi connectivity index (χ2v) is 7.66. The Labute approximate surface area is 175 Å². The van der Waals surface area contributed by atoms with Gasteiger partial charge < -0.3 is 20.3 Å². The maximum absolute atomic E-state index is 12.5. The minimum Gasteiger partial charge on any atom is -0.496 e. The van der Waals surface area contributed by atoms with Crippen LogP contribution in [0.5, 0.6) is 5.75 Å². The van der Waals surface area contributed by atoms with Gasteiger partial charge in [-0.1, -0.05) is 18.2 Å². The zero-order chi connectivity index (χ0) is 21.3. The number of hydrogen-bond acceptors (Lipinski definition) is 4. The molecule has 0 bridgehead atoms. The quantitative estimate of drug-likeness (QED) is 0.745. The zero-order valence-electron chi connectivity index (χ0n) is 17.2. The molecular weight excluding hydrogens is 382 g/mol. The number of anilines is 2. The van der Waals surface area contributed by atoms with Crippen molar-refractivity contribution < 1.29 is 19.1 Å². The van der Waals surface area contributed by atoms with Crippen LogP contribution >= 0.6 is 0 Å². The summed E-state index contributed by atoms with van der Waals surface area (Å²) in [7, 11) is 1.60. The third-order valence-electron chi connectivity index (χ3n) is 5.76. The van der Waals surface area contributed by atoms with Gasteiger partial charge in [0.15, 0.2) is 0 Å². The second-order valence-electron chi connectivity index (χ2n) is 7.66. The highest BCUT2D eigenvalue weighted by Crippen LogP contribution is 2.44. The molecule has 2 N–H and O–H groups in total. The molecule has 2 heterocycles. The fourth-order valence-corrected chi connectivity index (χ4v) is 4.26. The lowest BCUT2D eigenvalue weighted by atomic mass is 9.96. The van der Waals surface area contributed by atoms with E-state index in [1.807, 2.05) is 48.2 Å². The summed E-state index contributed by atoms with van der Waals surface area (Å²) in [5, 5.41) is 5.33. The number of methoxy groups -OCH3 is 1. The molecule has 0 radical (unpaired) electrons. The van der Waals surface area contributed by atoms with Gasteiger partial charge >= 0.3 is 11.8 Å². The molecule has 7 heteroatoms. The normalized spacial score (nSPS) is 16.8. The van der Waals surface area contributed by atoms with Crippen LogP contribution in [0.25, 0.3) is 0 Å². The fourth-order valence-electron chi connectivity index (χ4n) is 4.26. The van der Waals surface area contributed by atoms with E-state index in [1.165, 1.54) is 0 Å². The molecule has 7 nitrogen and oxygen atoms in total. The van der Waals surface area contributed by atoms with Crippen LogP contribution in [-0.4, -0.2) is 37.9 Å². The van der Waals surface area contributed by atoms with Gasteiger partial charge in [-0.2, -0.15) is 0 Å². The van der Waals surface area contributed by atoms with E-state index in [0.717, 1.165) is 47.5 Å². The van der Waals surface area contributed by atoms with Crippen LogP contribution < -0.4 is 20.3 Å². The Kier molecular flexibility index (Phi) is 5.44. The van der Waals surface area contributed by atoms with Crippen molar-refractivity contribution in [1.29, 1.82) is 0 Å². The lowest BCUT2D eigenvalue weighted by molar-refractivity contribution is -0.136. The molecule has 0 fully saturated rings. The molecule has 0 saturated heterocycles. The minimum absolute atomic E-state index is 0.100. The van der Waals surface area contributed by atoms with Gasteiger partial charge in [-0.15, -0.1) is 0 Å². The van der Waals surface area contributed by atoms with E-state index in [-0.39, 0.29) is 11.8 Å². The van der Waals surface area contributed by atoms with Crippen molar-refractivity contribution >= 4 is 29.1 Å². The van der Waals surface area contributed by atoms with Crippen molar-refractivity contribution in [1.82, 2.24) is 5.32 Å². The van der Waals surface area contributed by atoms with E-state index in [1.54, 1.807) is 7.11 Å². The maximum Gasteiger partial charge on any atom is 0.313 e. The topological polar surface area (TPSA) is 87.7 Å². The van der Waals surface area contributed by atoms with Crippen molar-refractivity contribution in [2.75, 3.05) is 30.4 Å². The molecule has 30 heavy (non-hydrogen) atoms. The number of amides is 3. The largest absolute Gasteiger partial charge is 0.496 e. The first-order valence-corrected chi connectivity index (χ1v) is 10.2. The highest BCUT2D eigenvalue weighted by molar-refractivity contribution is 6.39. The van der Waals surface area contributed by atoms with Gasteiger partial charge in [-0.05, 0) is 61.1 Å². The Morgan fingerprint density at radius 1 is 1.20 bits per heavy atom. The summed E-state index contributed by atoms with van der Waals surface area (Å²) in [6, 6.07) is 11.2. The molecule has 2 aromatic rings. The molecule has 4 rings (SSSR count). The predicted octanol–water partition coefficient (Wildman–Crippen LogP) is 2.39. The summed E-state index contributed by atoms with van der Waals surface area (Å²) in [4.78, 5) is 38.9. The van der Waals surface area contributed by atoms with E-state index >= 15 is 0 Å². The smallest absolute Gasteiger partial charge is 0.313 e. The molecule has 1 atom stereocenters. The Bertz CT molecular complexity index is 1020. The summed E-state index contributed by atoms with van der Waals surface area (Å²) in [5.41, 5.74) is 4.46. The maximum atomic E-state index is 12.5. The van der Waals surface area contributed by atoms with Gasteiger partial charge in [-0.25, -0.2) is 0 Å². The van der Waals surface area contributed by atoms with Gasteiger partial charge in [0.1, 0.15) is 5.75 Å². The van der Waals surface area contributed by atoms with Crippen LogP contribution in [0, 0.1) is 0 Å². The summed E-state index contributed by atoms with van der Waals surface area (Å²) in [5.74, 6) is -0.787. The molecule has 3 amide bonds. The molecule has 0 aliphatic carbocycles. The first kappa shape index (κ1) is 19.9. The average Bonchev–Trinajstić information content (AvgIpc) is 3.00. The predicted molar refractivity (Wildman–Crippen MR) is 114 cm³/mol. The van der Waals surface area contributed by atoms with E-state index in [0.29, 0.717) is 18.7 Å². The van der Waals surface area contributed by atoms with Crippen LogP contribution in [0.1, 0.15) is 36.0 Å². The number of aryl methyl sites for hydroxylation is 1. The summed E-state index contributed by atoms with van der Waals surface area (Å²) < 4.78 is 5.30. The average molecular weight is 407 g/mol. The number of carbonyl (C=O) groups is 3. The highest BCUT2D eigenvalue weighted by Gasteiger charge is 2.38. The first-order chi connectivity index (χ1) is 14.5. The molecule has 0 unspecified atom stereocenters. The van der Waals surface area contributed by atoms with Gasteiger partial charge in [0.2, 0.25) is 5.91 Å². The third-order valence-corrected chi connectivity index (χ3v) is 5.76. The summed E-state index contributed by atoms with van der Waals surface area (Å²) >= 11 is 0. The van der Waals surface area contributed by atoms with Crippen molar-refractivity contribution in [3.63, 3.8) is 0 Å². The number of ether oxygens (including phenoxy) is 1.